The summed E-state index contributed by atoms with van der Waals surface area (Å²) in [4.78, 5) is 4.26. The van der Waals surface area contributed by atoms with Gasteiger partial charge < -0.3 is 0 Å². The predicted octanol–water partition coefficient (Wildman–Crippen LogP) is 2.41. The quantitative estimate of drug-likeness (QED) is 0.486. The number of hydrogen-bond acceptors (Lipinski definition) is 1. The van der Waals surface area contributed by atoms with Crippen LogP contribution in [0.25, 0.3) is 0 Å². The van der Waals surface area contributed by atoms with Crippen LogP contribution in [-0.2, 0) is 0 Å². The number of rotatable bonds is 0. The molecule has 2 saturated carbocycles. The Bertz CT molecular complexity index is 154. The highest BCUT2D eigenvalue weighted by molar-refractivity contribution is 5.85. The second-order valence-electron chi connectivity index (χ2n) is 3.79. The average molecular weight is 137 g/mol. The molecule has 0 N–H and O–H groups in total. The Hall–Kier alpha value is -0.330. The third-order valence-electron chi connectivity index (χ3n) is 3.16. The van der Waals surface area contributed by atoms with Gasteiger partial charge >= 0.3 is 0 Å². The molecule has 0 unspecified atom stereocenters. The van der Waals surface area contributed by atoms with Crippen LogP contribution in [0.4, 0.5) is 0 Å². The molecule has 0 atom stereocenters. The molecule has 1 spiro atoms. The van der Waals surface area contributed by atoms with Gasteiger partial charge in [0.1, 0.15) is 0 Å². The summed E-state index contributed by atoms with van der Waals surface area (Å²) in [6, 6.07) is 0. The highest BCUT2D eigenvalue weighted by atomic mass is 14.7. The van der Waals surface area contributed by atoms with Gasteiger partial charge in [0.2, 0.25) is 0 Å². The highest BCUT2D eigenvalue weighted by Crippen LogP contribution is 2.55. The van der Waals surface area contributed by atoms with Gasteiger partial charge in [-0.3, -0.25) is 4.99 Å². The number of nitrogens with zero attached hydrogens (tertiary/aromatic N) is 1. The second-order valence-corrected chi connectivity index (χ2v) is 3.79. The third kappa shape index (κ3) is 0.979. The van der Waals surface area contributed by atoms with Crippen LogP contribution >= 0.6 is 0 Å². The lowest BCUT2D eigenvalue weighted by molar-refractivity contribution is 0.420. The average Bonchev–Trinajstić information content (AvgIpc) is 2.72. The molecule has 0 aromatic rings. The first-order valence-electron chi connectivity index (χ1n) is 4.29. The van der Waals surface area contributed by atoms with Crippen LogP contribution in [0.3, 0.4) is 0 Å². The topological polar surface area (TPSA) is 12.4 Å². The lowest BCUT2D eigenvalue weighted by Crippen LogP contribution is -2.14. The van der Waals surface area contributed by atoms with E-state index in [1.165, 1.54) is 44.2 Å². The predicted molar refractivity (Wildman–Crippen MR) is 43.5 cm³/mol. The summed E-state index contributed by atoms with van der Waals surface area (Å²) in [6.45, 7) is 0. The van der Waals surface area contributed by atoms with Crippen molar-refractivity contribution in [3.05, 3.63) is 0 Å². The summed E-state index contributed by atoms with van der Waals surface area (Å²) in [6.07, 6.45) is 8.44. The van der Waals surface area contributed by atoms with Crippen LogP contribution in [-0.4, -0.2) is 12.8 Å². The molecule has 2 aliphatic rings. The lowest BCUT2D eigenvalue weighted by Gasteiger charge is -2.21. The molecule has 1 nitrogen and oxygen atoms in total. The smallest absolute Gasteiger partial charge is 0.0276 e. The van der Waals surface area contributed by atoms with Gasteiger partial charge in [-0.05, 0) is 43.9 Å². The summed E-state index contributed by atoms with van der Waals surface area (Å²) >= 11 is 0. The van der Waals surface area contributed by atoms with Gasteiger partial charge in [-0.25, -0.2) is 0 Å². The summed E-state index contributed by atoms with van der Waals surface area (Å²) in [5.41, 5.74) is 2.28. The van der Waals surface area contributed by atoms with Crippen molar-refractivity contribution < 1.29 is 0 Å². The Balaban J connectivity index is 1.95. The first kappa shape index (κ1) is 6.38. The zero-order valence-electron chi connectivity index (χ0n) is 6.69. The molecule has 0 aromatic heterocycles. The lowest BCUT2D eigenvalue weighted by atomic mass is 9.85. The van der Waals surface area contributed by atoms with Crippen molar-refractivity contribution in [3.63, 3.8) is 0 Å². The molecule has 0 aromatic carbocycles. The van der Waals surface area contributed by atoms with Crippen LogP contribution in [0.15, 0.2) is 4.99 Å². The summed E-state index contributed by atoms with van der Waals surface area (Å²) in [5, 5.41) is 0. The fourth-order valence-electron chi connectivity index (χ4n) is 1.97. The van der Waals surface area contributed by atoms with E-state index in [-0.39, 0.29) is 0 Å². The Morgan fingerprint density at radius 3 is 2.10 bits per heavy atom. The molecule has 0 aliphatic heterocycles. The van der Waals surface area contributed by atoms with Gasteiger partial charge in [-0.1, -0.05) is 0 Å². The maximum absolute atomic E-state index is 4.26. The van der Waals surface area contributed by atoms with E-state index < -0.39 is 0 Å². The van der Waals surface area contributed by atoms with E-state index in [1.807, 2.05) is 7.05 Å². The highest BCUT2D eigenvalue weighted by Gasteiger charge is 2.43. The Labute approximate surface area is 62.5 Å². The van der Waals surface area contributed by atoms with E-state index in [4.69, 9.17) is 0 Å². The molecule has 2 rings (SSSR count). The van der Waals surface area contributed by atoms with Crippen molar-refractivity contribution >= 4 is 5.71 Å². The molecule has 2 fully saturated rings. The van der Waals surface area contributed by atoms with Gasteiger partial charge in [0, 0.05) is 12.8 Å². The van der Waals surface area contributed by atoms with Gasteiger partial charge in [0.05, 0.1) is 0 Å². The molecule has 56 valence electrons. The molecule has 1 heteroatoms. The first-order chi connectivity index (χ1) is 4.85. The van der Waals surface area contributed by atoms with Crippen molar-refractivity contribution in [2.45, 2.75) is 38.5 Å². The van der Waals surface area contributed by atoms with Crippen molar-refractivity contribution in [3.8, 4) is 0 Å². The van der Waals surface area contributed by atoms with Gasteiger partial charge in [0.25, 0.3) is 0 Å². The standard InChI is InChI=1S/C9H15N/c1-10-8-2-4-9(5-3-8)6-7-9/h2-7H2,1H3. The van der Waals surface area contributed by atoms with E-state index in [1.54, 1.807) is 0 Å². The van der Waals surface area contributed by atoms with E-state index in [2.05, 4.69) is 4.99 Å². The molecule has 0 bridgehead atoms. The van der Waals surface area contributed by atoms with Gasteiger partial charge in [0.15, 0.2) is 0 Å². The van der Waals surface area contributed by atoms with Crippen LogP contribution in [0, 0.1) is 5.41 Å². The number of aliphatic imine (C=N–C) groups is 1. The van der Waals surface area contributed by atoms with E-state index in [9.17, 15) is 0 Å². The minimum Gasteiger partial charge on any atom is -0.297 e. The van der Waals surface area contributed by atoms with Crippen LogP contribution in [0.2, 0.25) is 0 Å². The third-order valence-corrected chi connectivity index (χ3v) is 3.16. The summed E-state index contributed by atoms with van der Waals surface area (Å²) < 4.78 is 0. The van der Waals surface area contributed by atoms with Gasteiger partial charge in [-0.15, -0.1) is 0 Å². The molecule has 0 saturated heterocycles. The van der Waals surface area contributed by atoms with E-state index in [0.717, 1.165) is 5.41 Å². The molecule has 10 heavy (non-hydrogen) atoms. The zero-order chi connectivity index (χ0) is 7.03. The summed E-state index contributed by atoms with van der Waals surface area (Å²) in [5.74, 6) is 0. The Morgan fingerprint density at radius 1 is 1.10 bits per heavy atom. The fourth-order valence-corrected chi connectivity index (χ4v) is 1.97. The van der Waals surface area contributed by atoms with Crippen molar-refractivity contribution in [2.75, 3.05) is 7.05 Å². The molecular formula is C9H15N. The normalized spacial score (nSPS) is 28.7. The van der Waals surface area contributed by atoms with E-state index >= 15 is 0 Å². The molecule has 0 amide bonds. The first-order valence-corrected chi connectivity index (χ1v) is 4.29. The minimum atomic E-state index is 0.828. The maximum atomic E-state index is 4.26. The van der Waals surface area contributed by atoms with Crippen LogP contribution in [0.1, 0.15) is 38.5 Å². The van der Waals surface area contributed by atoms with Crippen LogP contribution in [0.5, 0.6) is 0 Å². The summed E-state index contributed by atoms with van der Waals surface area (Å²) in [7, 11) is 1.93. The molecule has 0 radical (unpaired) electrons. The fraction of sp³-hybridized carbons (Fsp3) is 0.889. The Kier molecular flexibility index (Phi) is 1.33. The molecule has 0 heterocycles. The minimum absolute atomic E-state index is 0.828. The molecule has 2 aliphatic carbocycles. The van der Waals surface area contributed by atoms with E-state index in [0.29, 0.717) is 0 Å². The zero-order valence-corrected chi connectivity index (χ0v) is 6.69. The SMILES string of the molecule is CN=C1CCC2(CC1)CC2. The monoisotopic (exact) mass is 137 g/mol. The number of hydrogen-bond donors (Lipinski definition) is 0. The van der Waals surface area contributed by atoms with Crippen LogP contribution < -0.4 is 0 Å². The maximum Gasteiger partial charge on any atom is 0.0276 e. The Morgan fingerprint density at radius 2 is 1.70 bits per heavy atom. The van der Waals surface area contributed by atoms with Gasteiger partial charge in [-0.2, -0.15) is 0 Å². The van der Waals surface area contributed by atoms with Crippen molar-refractivity contribution in [1.82, 2.24) is 0 Å². The second kappa shape index (κ2) is 2.08. The molecular weight excluding hydrogens is 122 g/mol. The largest absolute Gasteiger partial charge is 0.297 e. The van der Waals surface area contributed by atoms with Crippen molar-refractivity contribution in [2.24, 2.45) is 10.4 Å². The van der Waals surface area contributed by atoms with Crippen molar-refractivity contribution in [1.29, 1.82) is 0 Å².